The Morgan fingerprint density at radius 1 is 1.33 bits per heavy atom. The van der Waals surface area contributed by atoms with Crippen LogP contribution in [0.15, 0.2) is 11.5 Å². The first-order valence-corrected chi connectivity index (χ1v) is 2.94. The Bertz CT molecular complexity index is 237. The highest BCUT2D eigenvalue weighted by Crippen LogP contribution is 1.95. The third-order valence-corrected chi connectivity index (χ3v) is 0.954. The summed E-state index contributed by atoms with van der Waals surface area (Å²) < 4.78 is 12.3. The van der Waals surface area contributed by atoms with Crippen molar-refractivity contribution in [3.05, 3.63) is 11.5 Å². The van der Waals surface area contributed by atoms with Crippen molar-refractivity contribution in [1.29, 1.82) is 0 Å². The molecular formula is C6H7FN2O3. The van der Waals surface area contributed by atoms with E-state index < -0.39 is 17.6 Å². The summed E-state index contributed by atoms with van der Waals surface area (Å²) in [4.78, 5) is 30.4. The Morgan fingerprint density at radius 2 is 1.92 bits per heavy atom. The first-order valence-electron chi connectivity index (χ1n) is 2.94. The van der Waals surface area contributed by atoms with Gasteiger partial charge in [0, 0.05) is 7.05 Å². The molecule has 0 aliphatic heterocycles. The highest BCUT2D eigenvalue weighted by atomic mass is 19.1. The predicted molar refractivity (Wildman–Crippen MR) is 37.9 cm³/mol. The molecule has 0 aromatic rings. The number of halogens is 1. The third kappa shape index (κ3) is 2.91. The second-order valence-electron chi connectivity index (χ2n) is 1.70. The van der Waals surface area contributed by atoms with E-state index in [2.05, 4.69) is 5.32 Å². The normalized spacial score (nSPS) is 11.2. The quantitative estimate of drug-likeness (QED) is 0.447. The Hall–Kier alpha value is -1.72. The van der Waals surface area contributed by atoms with E-state index >= 15 is 0 Å². The van der Waals surface area contributed by atoms with Crippen molar-refractivity contribution in [3.8, 4) is 0 Å². The molecule has 0 fully saturated rings. The van der Waals surface area contributed by atoms with E-state index in [1.807, 2.05) is 5.32 Å². The van der Waals surface area contributed by atoms with Gasteiger partial charge in [-0.05, 0) is 0 Å². The number of hydrogen-bond acceptors (Lipinski definition) is 3. The third-order valence-electron chi connectivity index (χ3n) is 0.954. The van der Waals surface area contributed by atoms with Crippen LogP contribution < -0.4 is 10.6 Å². The van der Waals surface area contributed by atoms with Crippen LogP contribution in [0.5, 0.6) is 0 Å². The highest BCUT2D eigenvalue weighted by Gasteiger charge is 2.06. The number of carbonyl (C=O) groups excluding carboxylic acids is 3. The molecule has 66 valence electrons. The minimum atomic E-state index is -1.31. The summed E-state index contributed by atoms with van der Waals surface area (Å²) in [5.41, 5.74) is -0.690. The Balaban J connectivity index is 4.47. The summed E-state index contributed by atoms with van der Waals surface area (Å²) in [6.07, 6.45) is -0.126. The van der Waals surface area contributed by atoms with Crippen LogP contribution in [0, 0.1) is 0 Å². The van der Waals surface area contributed by atoms with E-state index in [0.717, 1.165) is 0 Å². The molecule has 12 heavy (non-hydrogen) atoms. The summed E-state index contributed by atoms with van der Waals surface area (Å²) in [5.74, 6) is -1.31. The summed E-state index contributed by atoms with van der Waals surface area (Å²) in [7, 11) is 1.29. The van der Waals surface area contributed by atoms with Gasteiger partial charge in [-0.1, -0.05) is 0 Å². The van der Waals surface area contributed by atoms with Crippen LogP contribution in [0.2, 0.25) is 0 Å². The number of hydrogen-bond donors (Lipinski definition) is 2. The van der Waals surface area contributed by atoms with Crippen molar-refractivity contribution in [2.24, 2.45) is 0 Å². The molecule has 2 N–H and O–H groups in total. The van der Waals surface area contributed by atoms with Crippen LogP contribution >= 0.6 is 0 Å². The highest BCUT2D eigenvalue weighted by molar-refractivity contribution is 5.90. The Morgan fingerprint density at radius 3 is 2.25 bits per heavy atom. The summed E-state index contributed by atoms with van der Waals surface area (Å²) >= 11 is 0. The molecule has 0 heterocycles. The zero-order valence-electron chi connectivity index (χ0n) is 6.26. The molecule has 2 amide bonds. The predicted octanol–water partition coefficient (Wildman–Crippen LogP) is -0.506. The van der Waals surface area contributed by atoms with E-state index in [0.29, 0.717) is 0 Å². The first kappa shape index (κ1) is 10.3. The summed E-state index contributed by atoms with van der Waals surface area (Å²) in [5, 5.41) is 3.91. The van der Waals surface area contributed by atoms with Crippen LogP contribution in [0.4, 0.5) is 9.18 Å². The fourth-order valence-corrected chi connectivity index (χ4v) is 0.394. The van der Waals surface area contributed by atoms with Crippen molar-refractivity contribution in [3.63, 3.8) is 0 Å². The number of nitrogens with one attached hydrogen (secondary N) is 2. The van der Waals surface area contributed by atoms with E-state index in [9.17, 15) is 18.8 Å². The molecule has 0 radical (unpaired) electrons. The van der Waals surface area contributed by atoms with Gasteiger partial charge in [0.1, 0.15) is 5.70 Å². The minimum Gasteiger partial charge on any atom is -0.341 e. The maximum Gasteiger partial charge on any atom is 0.319 e. The molecule has 0 spiro atoms. The second-order valence-corrected chi connectivity index (χ2v) is 1.70. The SMILES string of the molecule is CNC(=O)N/C(C=O)=C(/F)C=O. The molecule has 0 aliphatic carbocycles. The van der Waals surface area contributed by atoms with Gasteiger partial charge in [0.2, 0.25) is 0 Å². The average molecular weight is 174 g/mol. The number of carbonyl (C=O) groups is 3. The summed E-state index contributed by atoms with van der Waals surface area (Å²) in [6.45, 7) is 0. The van der Waals surface area contributed by atoms with Crippen molar-refractivity contribution < 1.29 is 18.8 Å². The van der Waals surface area contributed by atoms with Gasteiger partial charge in [0.15, 0.2) is 18.4 Å². The first-order chi connectivity index (χ1) is 5.65. The van der Waals surface area contributed by atoms with Crippen molar-refractivity contribution in [2.45, 2.75) is 0 Å². The lowest BCUT2D eigenvalue weighted by atomic mass is 10.4. The van der Waals surface area contributed by atoms with Gasteiger partial charge in [0.25, 0.3) is 0 Å². The van der Waals surface area contributed by atoms with E-state index in [1.165, 1.54) is 7.05 Å². The Kier molecular flexibility index (Phi) is 4.28. The zero-order valence-corrected chi connectivity index (χ0v) is 6.26. The van der Waals surface area contributed by atoms with Crippen LogP contribution in [0.25, 0.3) is 0 Å². The number of rotatable bonds is 3. The van der Waals surface area contributed by atoms with Gasteiger partial charge in [-0.2, -0.15) is 0 Å². The van der Waals surface area contributed by atoms with E-state index in [4.69, 9.17) is 0 Å². The summed E-state index contributed by atoms with van der Waals surface area (Å²) in [6, 6.07) is -0.769. The molecule has 0 aromatic carbocycles. The lowest BCUT2D eigenvalue weighted by molar-refractivity contribution is -0.108. The van der Waals surface area contributed by atoms with Crippen LogP contribution in [-0.4, -0.2) is 25.7 Å². The minimum absolute atomic E-state index is 0.0406. The Labute approximate surface area is 67.6 Å². The van der Waals surface area contributed by atoms with Gasteiger partial charge in [-0.15, -0.1) is 0 Å². The lowest BCUT2D eigenvalue weighted by Gasteiger charge is -2.01. The molecule has 0 saturated heterocycles. The second kappa shape index (κ2) is 5.00. The van der Waals surface area contributed by atoms with Crippen LogP contribution in [-0.2, 0) is 9.59 Å². The van der Waals surface area contributed by atoms with Gasteiger partial charge >= 0.3 is 6.03 Å². The maximum atomic E-state index is 12.3. The molecule has 0 bridgehead atoms. The van der Waals surface area contributed by atoms with Crippen LogP contribution in [0.3, 0.4) is 0 Å². The molecule has 0 unspecified atom stereocenters. The number of urea groups is 1. The van der Waals surface area contributed by atoms with Gasteiger partial charge in [0.05, 0.1) is 0 Å². The van der Waals surface area contributed by atoms with E-state index in [1.54, 1.807) is 0 Å². The van der Waals surface area contributed by atoms with Crippen LogP contribution in [0.1, 0.15) is 0 Å². The largest absolute Gasteiger partial charge is 0.341 e. The van der Waals surface area contributed by atoms with E-state index in [-0.39, 0.29) is 12.6 Å². The molecule has 6 heteroatoms. The fourth-order valence-electron chi connectivity index (χ4n) is 0.394. The number of amides is 2. The molecule has 5 nitrogen and oxygen atoms in total. The standard InChI is InChI=1S/C6H7FN2O3/c1-8-6(12)9-5(3-11)4(7)2-10/h2-3H,1H3,(H2,8,9,12)/b5-4+. The van der Waals surface area contributed by atoms with Gasteiger partial charge < -0.3 is 10.6 Å². The number of allylic oxidation sites excluding steroid dienone is 2. The fraction of sp³-hybridized carbons (Fsp3) is 0.167. The topological polar surface area (TPSA) is 75.3 Å². The van der Waals surface area contributed by atoms with Crippen molar-refractivity contribution in [1.82, 2.24) is 10.6 Å². The molecule has 0 atom stereocenters. The van der Waals surface area contributed by atoms with Crippen molar-refractivity contribution >= 4 is 18.6 Å². The molecule has 0 rings (SSSR count). The zero-order chi connectivity index (χ0) is 9.56. The van der Waals surface area contributed by atoms with Gasteiger partial charge in [-0.3, -0.25) is 9.59 Å². The number of aldehydes is 2. The van der Waals surface area contributed by atoms with Gasteiger partial charge in [-0.25, -0.2) is 9.18 Å². The monoisotopic (exact) mass is 174 g/mol. The molecule has 0 aliphatic rings. The molecular weight excluding hydrogens is 167 g/mol. The average Bonchev–Trinajstić information content (AvgIpc) is 2.12. The maximum absolute atomic E-state index is 12.3. The van der Waals surface area contributed by atoms with Crippen molar-refractivity contribution in [2.75, 3.05) is 7.05 Å². The lowest BCUT2D eigenvalue weighted by Crippen LogP contribution is -2.33. The molecule has 0 aromatic heterocycles. The smallest absolute Gasteiger partial charge is 0.319 e. The molecule has 0 saturated carbocycles.